The van der Waals surface area contributed by atoms with Crippen molar-refractivity contribution in [3.63, 3.8) is 0 Å². The second kappa shape index (κ2) is 6.04. The molecule has 0 aromatic heterocycles. The van der Waals surface area contributed by atoms with Crippen molar-refractivity contribution in [1.82, 2.24) is 0 Å². The van der Waals surface area contributed by atoms with Crippen molar-refractivity contribution in [3.05, 3.63) is 35.9 Å². The molecule has 0 unspecified atom stereocenters. The second-order valence-corrected chi connectivity index (χ2v) is 4.92. The Kier molecular flexibility index (Phi) is 4.69. The Bertz CT molecular complexity index is 483. The van der Waals surface area contributed by atoms with Crippen molar-refractivity contribution in [1.29, 1.82) is 0 Å². The summed E-state index contributed by atoms with van der Waals surface area (Å²) in [5.74, 6) is -1.00. The van der Waals surface area contributed by atoms with E-state index in [4.69, 9.17) is 9.84 Å². The van der Waals surface area contributed by atoms with E-state index < -0.39 is 17.7 Å². The topological polar surface area (TPSA) is 75.6 Å². The first-order valence-corrected chi connectivity index (χ1v) is 5.77. The van der Waals surface area contributed by atoms with Gasteiger partial charge in [-0.05, 0) is 44.5 Å². The molecule has 0 heterocycles. The van der Waals surface area contributed by atoms with Gasteiger partial charge in [0, 0.05) is 11.8 Å². The minimum Gasteiger partial charge on any atom is -0.478 e. The van der Waals surface area contributed by atoms with Gasteiger partial charge in [0.15, 0.2) is 0 Å². The third-order valence-corrected chi connectivity index (χ3v) is 1.97. The van der Waals surface area contributed by atoms with Crippen LogP contribution in [0.4, 0.5) is 10.5 Å². The number of carbonyl (C=O) groups is 2. The number of carbonyl (C=O) groups excluding carboxylic acids is 1. The van der Waals surface area contributed by atoms with Gasteiger partial charge in [0.2, 0.25) is 0 Å². The molecule has 1 aromatic carbocycles. The Balaban J connectivity index is 2.62. The molecule has 0 spiro atoms. The summed E-state index contributed by atoms with van der Waals surface area (Å²) in [6.07, 6.45) is 2.00. The Morgan fingerprint density at radius 1 is 1.21 bits per heavy atom. The quantitative estimate of drug-likeness (QED) is 0.821. The van der Waals surface area contributed by atoms with Crippen LogP contribution in [0.3, 0.4) is 0 Å². The summed E-state index contributed by atoms with van der Waals surface area (Å²) in [6.45, 7) is 5.35. The number of aliphatic carboxylic acids is 1. The molecule has 0 aliphatic heterocycles. The Morgan fingerprint density at radius 2 is 1.79 bits per heavy atom. The molecule has 0 bridgehead atoms. The third-order valence-electron chi connectivity index (χ3n) is 1.97. The number of benzene rings is 1. The van der Waals surface area contributed by atoms with Crippen LogP contribution in [0, 0.1) is 0 Å². The van der Waals surface area contributed by atoms with Gasteiger partial charge < -0.3 is 9.84 Å². The van der Waals surface area contributed by atoms with Crippen molar-refractivity contribution in [2.24, 2.45) is 0 Å². The van der Waals surface area contributed by atoms with Gasteiger partial charge in [-0.15, -0.1) is 0 Å². The summed E-state index contributed by atoms with van der Waals surface area (Å²) in [7, 11) is 0. The van der Waals surface area contributed by atoms with Gasteiger partial charge in [0.1, 0.15) is 5.60 Å². The number of anilines is 1. The van der Waals surface area contributed by atoms with Crippen LogP contribution in [0.2, 0.25) is 0 Å². The number of carboxylic acid groups (broad SMARTS) is 1. The lowest BCUT2D eigenvalue weighted by molar-refractivity contribution is -0.131. The SMILES string of the molecule is CC(C)(C)OC(=O)Nc1ccc(/C=C/C(=O)O)cc1. The summed E-state index contributed by atoms with van der Waals surface area (Å²) in [5, 5.41) is 11.1. The average Bonchev–Trinajstić information content (AvgIpc) is 2.25. The highest BCUT2D eigenvalue weighted by Gasteiger charge is 2.15. The predicted molar refractivity (Wildman–Crippen MR) is 73.0 cm³/mol. The van der Waals surface area contributed by atoms with E-state index in [1.807, 2.05) is 0 Å². The van der Waals surface area contributed by atoms with Crippen LogP contribution in [0.15, 0.2) is 30.3 Å². The molecule has 2 N–H and O–H groups in total. The van der Waals surface area contributed by atoms with Crippen LogP contribution in [0.25, 0.3) is 6.08 Å². The lowest BCUT2D eigenvalue weighted by Gasteiger charge is -2.19. The van der Waals surface area contributed by atoms with Crippen LogP contribution >= 0.6 is 0 Å². The fraction of sp³-hybridized carbons (Fsp3) is 0.286. The highest BCUT2D eigenvalue weighted by atomic mass is 16.6. The predicted octanol–water partition coefficient (Wildman–Crippen LogP) is 3.13. The molecule has 0 radical (unpaired) electrons. The van der Waals surface area contributed by atoms with E-state index in [0.717, 1.165) is 11.6 Å². The van der Waals surface area contributed by atoms with E-state index in [2.05, 4.69) is 5.32 Å². The maximum Gasteiger partial charge on any atom is 0.412 e. The molecule has 0 saturated carbocycles. The zero-order valence-electron chi connectivity index (χ0n) is 11.1. The molecule has 0 aliphatic carbocycles. The van der Waals surface area contributed by atoms with Gasteiger partial charge in [-0.25, -0.2) is 9.59 Å². The van der Waals surface area contributed by atoms with Gasteiger partial charge in [-0.1, -0.05) is 12.1 Å². The smallest absolute Gasteiger partial charge is 0.412 e. The first-order chi connectivity index (χ1) is 8.76. The zero-order valence-corrected chi connectivity index (χ0v) is 11.1. The number of carboxylic acids is 1. The Morgan fingerprint density at radius 3 is 2.26 bits per heavy atom. The molecular weight excluding hydrogens is 246 g/mol. The molecule has 0 fully saturated rings. The van der Waals surface area contributed by atoms with Crippen LogP contribution in [0.1, 0.15) is 26.3 Å². The average molecular weight is 263 g/mol. The summed E-state index contributed by atoms with van der Waals surface area (Å²) in [5.41, 5.74) is 0.771. The first kappa shape index (κ1) is 14.8. The Hall–Kier alpha value is -2.30. The maximum atomic E-state index is 11.5. The number of rotatable bonds is 3. The highest BCUT2D eigenvalue weighted by molar-refractivity contribution is 5.86. The van der Waals surface area contributed by atoms with Crippen molar-refractivity contribution in [2.45, 2.75) is 26.4 Å². The van der Waals surface area contributed by atoms with Crippen LogP contribution in [-0.4, -0.2) is 22.8 Å². The fourth-order valence-corrected chi connectivity index (χ4v) is 1.27. The molecule has 0 aliphatic rings. The standard InChI is InChI=1S/C14H17NO4/c1-14(2,3)19-13(18)15-11-7-4-10(5-8-11)6-9-12(16)17/h4-9H,1-3H3,(H,15,18)(H,16,17)/b9-6+. The van der Waals surface area contributed by atoms with Crippen LogP contribution < -0.4 is 5.32 Å². The van der Waals surface area contributed by atoms with Crippen LogP contribution in [-0.2, 0) is 9.53 Å². The molecule has 1 rings (SSSR count). The minimum absolute atomic E-state index is 0.527. The van der Waals surface area contributed by atoms with Crippen LogP contribution in [0.5, 0.6) is 0 Å². The summed E-state index contributed by atoms with van der Waals surface area (Å²) >= 11 is 0. The van der Waals surface area contributed by atoms with E-state index in [0.29, 0.717) is 5.69 Å². The largest absolute Gasteiger partial charge is 0.478 e. The lowest BCUT2D eigenvalue weighted by atomic mass is 10.2. The normalized spacial score (nSPS) is 11.3. The molecule has 19 heavy (non-hydrogen) atoms. The highest BCUT2D eigenvalue weighted by Crippen LogP contribution is 2.13. The summed E-state index contributed by atoms with van der Waals surface area (Å²) < 4.78 is 5.11. The number of amides is 1. The molecule has 102 valence electrons. The molecular formula is C14H17NO4. The lowest BCUT2D eigenvalue weighted by Crippen LogP contribution is -2.27. The van der Waals surface area contributed by atoms with Gasteiger partial charge >= 0.3 is 12.1 Å². The third kappa shape index (κ3) is 6.26. The number of ether oxygens (including phenoxy) is 1. The fourth-order valence-electron chi connectivity index (χ4n) is 1.27. The first-order valence-electron chi connectivity index (χ1n) is 5.77. The van der Waals surface area contributed by atoms with Crippen molar-refractivity contribution in [2.75, 3.05) is 5.32 Å². The van der Waals surface area contributed by atoms with E-state index in [1.165, 1.54) is 6.08 Å². The van der Waals surface area contributed by atoms with Gasteiger partial charge in [-0.3, -0.25) is 5.32 Å². The molecule has 1 aromatic rings. The summed E-state index contributed by atoms with van der Waals surface area (Å²) in [6, 6.07) is 6.75. The van der Waals surface area contributed by atoms with Crippen molar-refractivity contribution < 1.29 is 19.4 Å². The van der Waals surface area contributed by atoms with Crippen molar-refractivity contribution in [3.8, 4) is 0 Å². The van der Waals surface area contributed by atoms with E-state index >= 15 is 0 Å². The molecule has 5 nitrogen and oxygen atoms in total. The molecule has 5 heteroatoms. The molecule has 1 amide bonds. The molecule has 0 saturated heterocycles. The minimum atomic E-state index is -1.00. The van der Waals surface area contributed by atoms with E-state index in [1.54, 1.807) is 45.0 Å². The molecule has 0 atom stereocenters. The Labute approximate surface area is 111 Å². The van der Waals surface area contributed by atoms with Crippen molar-refractivity contribution >= 4 is 23.8 Å². The maximum absolute atomic E-state index is 11.5. The van der Waals surface area contributed by atoms with E-state index in [9.17, 15) is 9.59 Å². The monoisotopic (exact) mass is 263 g/mol. The van der Waals surface area contributed by atoms with Gasteiger partial charge in [-0.2, -0.15) is 0 Å². The van der Waals surface area contributed by atoms with Gasteiger partial charge in [0.05, 0.1) is 0 Å². The zero-order chi connectivity index (χ0) is 14.5. The summed E-state index contributed by atoms with van der Waals surface area (Å²) in [4.78, 5) is 21.9. The number of hydrogen-bond acceptors (Lipinski definition) is 3. The van der Waals surface area contributed by atoms with E-state index in [-0.39, 0.29) is 0 Å². The number of nitrogens with one attached hydrogen (secondary N) is 1. The second-order valence-electron chi connectivity index (χ2n) is 4.92. The van der Waals surface area contributed by atoms with Gasteiger partial charge in [0.25, 0.3) is 0 Å². The number of hydrogen-bond donors (Lipinski definition) is 2.